The third kappa shape index (κ3) is 4.87. The summed E-state index contributed by atoms with van der Waals surface area (Å²) in [5.41, 5.74) is 1.63. The van der Waals surface area contributed by atoms with E-state index in [9.17, 15) is 9.59 Å². The van der Waals surface area contributed by atoms with Crippen molar-refractivity contribution in [2.24, 2.45) is 0 Å². The molecule has 1 aromatic carbocycles. The normalized spacial score (nSPS) is 10.1. The molecule has 98 valence electrons. The summed E-state index contributed by atoms with van der Waals surface area (Å²) in [5, 5.41) is 11.2. The molecule has 4 nitrogen and oxygen atoms in total. The van der Waals surface area contributed by atoms with Gasteiger partial charge >= 0.3 is 5.97 Å². The highest BCUT2D eigenvalue weighted by atomic mass is 79.9. The Morgan fingerprint density at radius 3 is 2.67 bits per heavy atom. The maximum atomic E-state index is 11.8. The minimum absolute atomic E-state index is 0.124. The van der Waals surface area contributed by atoms with Crippen molar-refractivity contribution in [3.05, 3.63) is 33.8 Å². The van der Waals surface area contributed by atoms with Crippen LogP contribution in [-0.2, 0) is 4.79 Å². The first-order valence-electron chi connectivity index (χ1n) is 5.77. The summed E-state index contributed by atoms with van der Waals surface area (Å²) in [5.74, 6) is -0.925. The zero-order chi connectivity index (χ0) is 13.5. The van der Waals surface area contributed by atoms with Gasteiger partial charge in [0.1, 0.15) is 0 Å². The lowest BCUT2D eigenvalue weighted by Gasteiger charge is -2.06. The Morgan fingerprint density at radius 2 is 2.06 bits per heavy atom. The van der Waals surface area contributed by atoms with E-state index < -0.39 is 5.97 Å². The van der Waals surface area contributed by atoms with E-state index in [2.05, 4.69) is 21.2 Å². The fourth-order valence-corrected chi connectivity index (χ4v) is 1.74. The highest BCUT2D eigenvalue weighted by Gasteiger charge is 2.06. The number of aryl methyl sites for hydroxylation is 1. The number of carbonyl (C=O) groups is 2. The van der Waals surface area contributed by atoms with E-state index in [-0.39, 0.29) is 12.3 Å². The second kappa shape index (κ2) is 7.16. The molecule has 0 aliphatic rings. The zero-order valence-corrected chi connectivity index (χ0v) is 11.8. The van der Waals surface area contributed by atoms with Gasteiger partial charge in [0.2, 0.25) is 0 Å². The van der Waals surface area contributed by atoms with E-state index >= 15 is 0 Å². The second-order valence-corrected chi connectivity index (χ2v) is 4.93. The largest absolute Gasteiger partial charge is 0.481 e. The van der Waals surface area contributed by atoms with Gasteiger partial charge in [0.15, 0.2) is 0 Å². The first-order valence-corrected chi connectivity index (χ1v) is 6.56. The molecule has 2 N–H and O–H groups in total. The quantitative estimate of drug-likeness (QED) is 0.794. The van der Waals surface area contributed by atoms with Crippen molar-refractivity contribution in [1.29, 1.82) is 0 Å². The summed E-state index contributed by atoms with van der Waals surface area (Å²) >= 11 is 3.38. The predicted octanol–water partition coefficient (Wildman–Crippen LogP) is 2.74. The van der Waals surface area contributed by atoms with Crippen LogP contribution >= 0.6 is 15.9 Å². The number of carboxylic acids is 1. The molecule has 0 saturated heterocycles. The van der Waals surface area contributed by atoms with E-state index in [4.69, 9.17) is 5.11 Å². The molecule has 0 aliphatic heterocycles. The molecule has 0 heterocycles. The molecular weight excluding hydrogens is 298 g/mol. The van der Waals surface area contributed by atoms with E-state index in [1.54, 1.807) is 6.07 Å². The van der Waals surface area contributed by atoms with Gasteiger partial charge in [-0.2, -0.15) is 0 Å². The molecule has 0 bridgehead atoms. The minimum Gasteiger partial charge on any atom is -0.481 e. The molecule has 5 heteroatoms. The van der Waals surface area contributed by atoms with Crippen LogP contribution in [0.3, 0.4) is 0 Å². The third-order valence-electron chi connectivity index (χ3n) is 2.52. The summed E-state index contributed by atoms with van der Waals surface area (Å²) in [6.45, 7) is 2.43. The van der Waals surface area contributed by atoms with Gasteiger partial charge in [0.25, 0.3) is 5.91 Å². The molecule has 18 heavy (non-hydrogen) atoms. The van der Waals surface area contributed by atoms with Crippen LogP contribution < -0.4 is 5.32 Å². The number of amides is 1. The van der Waals surface area contributed by atoms with Crippen molar-refractivity contribution < 1.29 is 14.7 Å². The molecule has 1 amide bonds. The number of rotatable bonds is 6. The van der Waals surface area contributed by atoms with Gasteiger partial charge in [-0.15, -0.1) is 0 Å². The van der Waals surface area contributed by atoms with Crippen molar-refractivity contribution >= 4 is 27.8 Å². The number of hydrogen-bond acceptors (Lipinski definition) is 2. The Morgan fingerprint density at radius 1 is 1.33 bits per heavy atom. The van der Waals surface area contributed by atoms with Gasteiger partial charge in [-0.05, 0) is 43.5 Å². The topological polar surface area (TPSA) is 66.4 Å². The van der Waals surface area contributed by atoms with Crippen LogP contribution in [0.5, 0.6) is 0 Å². The van der Waals surface area contributed by atoms with E-state index in [1.807, 2.05) is 19.1 Å². The second-order valence-electron chi connectivity index (χ2n) is 4.07. The van der Waals surface area contributed by atoms with Crippen molar-refractivity contribution in [1.82, 2.24) is 5.32 Å². The lowest BCUT2D eigenvalue weighted by atomic mass is 10.1. The Labute approximate surface area is 115 Å². The van der Waals surface area contributed by atoms with Crippen LogP contribution in [0.15, 0.2) is 22.7 Å². The number of halogens is 1. The van der Waals surface area contributed by atoms with Crippen LogP contribution in [0.2, 0.25) is 0 Å². The van der Waals surface area contributed by atoms with Crippen LogP contribution in [-0.4, -0.2) is 23.5 Å². The first kappa shape index (κ1) is 14.7. The lowest BCUT2D eigenvalue weighted by molar-refractivity contribution is -0.137. The molecule has 0 atom stereocenters. The number of aliphatic carboxylic acids is 1. The maximum Gasteiger partial charge on any atom is 0.303 e. The average molecular weight is 314 g/mol. The van der Waals surface area contributed by atoms with Crippen LogP contribution in [0.25, 0.3) is 0 Å². The SMILES string of the molecule is Cc1cc(C(=O)NCCCCC(=O)O)ccc1Br. The van der Waals surface area contributed by atoms with Gasteiger partial charge in [0.05, 0.1) is 0 Å². The van der Waals surface area contributed by atoms with Crippen LogP contribution in [0.1, 0.15) is 35.2 Å². The highest BCUT2D eigenvalue weighted by Crippen LogP contribution is 2.16. The number of nitrogens with one attached hydrogen (secondary N) is 1. The molecule has 0 spiro atoms. The standard InChI is InChI=1S/C13H16BrNO3/c1-9-8-10(5-6-11(9)14)13(18)15-7-3-2-4-12(16)17/h5-6,8H,2-4,7H2,1H3,(H,15,18)(H,16,17). The van der Waals surface area contributed by atoms with Gasteiger partial charge in [-0.1, -0.05) is 15.9 Å². The molecule has 1 rings (SSSR count). The summed E-state index contributed by atoms with van der Waals surface area (Å²) < 4.78 is 0.973. The number of carboxylic acid groups (broad SMARTS) is 1. The van der Waals surface area contributed by atoms with Crippen LogP contribution in [0.4, 0.5) is 0 Å². The predicted molar refractivity (Wildman–Crippen MR) is 72.7 cm³/mol. The molecule has 0 saturated carbocycles. The average Bonchev–Trinajstić information content (AvgIpc) is 2.31. The highest BCUT2D eigenvalue weighted by molar-refractivity contribution is 9.10. The van der Waals surface area contributed by atoms with Gasteiger partial charge in [0, 0.05) is 23.0 Å². The van der Waals surface area contributed by atoms with Crippen molar-refractivity contribution in [2.75, 3.05) is 6.54 Å². The monoisotopic (exact) mass is 313 g/mol. The van der Waals surface area contributed by atoms with Gasteiger partial charge in [-0.3, -0.25) is 9.59 Å². The molecule has 1 aromatic rings. The molecule has 0 fully saturated rings. The molecular formula is C13H16BrNO3. The lowest BCUT2D eigenvalue weighted by Crippen LogP contribution is -2.24. The van der Waals surface area contributed by atoms with Crippen molar-refractivity contribution in [3.63, 3.8) is 0 Å². The van der Waals surface area contributed by atoms with Crippen LogP contribution in [0, 0.1) is 6.92 Å². The minimum atomic E-state index is -0.801. The molecule has 0 radical (unpaired) electrons. The van der Waals surface area contributed by atoms with Crippen molar-refractivity contribution in [3.8, 4) is 0 Å². The summed E-state index contributed by atoms with van der Waals surface area (Å²) in [7, 11) is 0. The summed E-state index contributed by atoms with van der Waals surface area (Å²) in [4.78, 5) is 22.1. The van der Waals surface area contributed by atoms with E-state index in [0.717, 1.165) is 10.0 Å². The Hall–Kier alpha value is -1.36. The Bertz CT molecular complexity index is 446. The fraction of sp³-hybridized carbons (Fsp3) is 0.385. The third-order valence-corrected chi connectivity index (χ3v) is 3.41. The smallest absolute Gasteiger partial charge is 0.303 e. The van der Waals surface area contributed by atoms with Gasteiger partial charge < -0.3 is 10.4 Å². The number of benzene rings is 1. The van der Waals surface area contributed by atoms with Gasteiger partial charge in [-0.25, -0.2) is 0 Å². The molecule has 0 aliphatic carbocycles. The number of carbonyl (C=O) groups excluding carboxylic acids is 1. The van der Waals surface area contributed by atoms with E-state index in [0.29, 0.717) is 24.9 Å². The fourth-order valence-electron chi connectivity index (χ4n) is 1.49. The summed E-state index contributed by atoms with van der Waals surface area (Å²) in [6, 6.07) is 5.41. The first-order chi connectivity index (χ1) is 8.50. The molecule has 0 aromatic heterocycles. The zero-order valence-electron chi connectivity index (χ0n) is 10.2. The number of hydrogen-bond donors (Lipinski definition) is 2. The Balaban J connectivity index is 2.36. The maximum absolute atomic E-state index is 11.8. The molecule has 0 unspecified atom stereocenters. The summed E-state index contributed by atoms with van der Waals surface area (Å²) in [6.07, 6.45) is 1.40. The number of unbranched alkanes of at least 4 members (excludes halogenated alkanes) is 1. The van der Waals surface area contributed by atoms with Crippen molar-refractivity contribution in [2.45, 2.75) is 26.2 Å². The van der Waals surface area contributed by atoms with E-state index in [1.165, 1.54) is 0 Å². The Kier molecular flexibility index (Phi) is 5.85.